The molecule has 0 amide bonds. The van der Waals surface area contributed by atoms with Gasteiger partial charge in [-0.15, -0.1) is 0 Å². The van der Waals surface area contributed by atoms with Gasteiger partial charge >= 0.3 is 0 Å². The molecule has 4 rings (SSSR count). The van der Waals surface area contributed by atoms with Gasteiger partial charge in [0.1, 0.15) is 6.10 Å². The van der Waals surface area contributed by atoms with Crippen LogP contribution in [0.3, 0.4) is 0 Å². The monoisotopic (exact) mass is 292 g/mol. The molecule has 6 nitrogen and oxygen atoms in total. The van der Waals surface area contributed by atoms with Crippen molar-refractivity contribution in [3.63, 3.8) is 0 Å². The number of nitrogens with zero attached hydrogens (tertiary/aromatic N) is 3. The van der Waals surface area contributed by atoms with Gasteiger partial charge in [0.05, 0.1) is 12.1 Å². The quantitative estimate of drug-likeness (QED) is 0.894. The molecule has 2 N–H and O–H groups in total. The minimum atomic E-state index is -0.422. The van der Waals surface area contributed by atoms with E-state index in [4.69, 9.17) is 15.0 Å². The number of nitrogens with two attached hydrogens (primary N) is 1. The lowest BCUT2D eigenvalue weighted by Crippen LogP contribution is -2.43. The molecule has 2 unspecified atom stereocenters. The van der Waals surface area contributed by atoms with E-state index in [1.807, 2.05) is 0 Å². The highest BCUT2D eigenvalue weighted by molar-refractivity contribution is 5.06. The third kappa shape index (κ3) is 2.49. The maximum atomic E-state index is 6.46. The number of hydrogen-bond donors (Lipinski definition) is 1. The summed E-state index contributed by atoms with van der Waals surface area (Å²) in [6.45, 7) is 2.82. The van der Waals surface area contributed by atoms with Crippen LogP contribution in [-0.2, 0) is 10.3 Å². The molecule has 0 bridgehead atoms. The van der Waals surface area contributed by atoms with Gasteiger partial charge in [-0.05, 0) is 32.2 Å². The van der Waals surface area contributed by atoms with E-state index in [9.17, 15) is 0 Å². The maximum Gasteiger partial charge on any atom is 0.246 e. The molecule has 2 saturated heterocycles. The lowest BCUT2D eigenvalue weighted by molar-refractivity contribution is -0.0548. The second-order valence-electron chi connectivity index (χ2n) is 6.79. The average molecular weight is 292 g/mol. The van der Waals surface area contributed by atoms with Crippen LogP contribution >= 0.6 is 0 Å². The SMILES string of the molecule is NC1(c2nc(C3CN4CCCC4CO3)no2)CCCCC1. The van der Waals surface area contributed by atoms with Crippen LogP contribution in [0, 0.1) is 0 Å². The Hall–Kier alpha value is -0.980. The Morgan fingerprint density at radius 1 is 1.19 bits per heavy atom. The molecule has 21 heavy (non-hydrogen) atoms. The van der Waals surface area contributed by atoms with Crippen molar-refractivity contribution in [1.29, 1.82) is 0 Å². The van der Waals surface area contributed by atoms with Gasteiger partial charge in [0.2, 0.25) is 11.7 Å². The highest BCUT2D eigenvalue weighted by Gasteiger charge is 2.38. The molecule has 1 aliphatic carbocycles. The summed E-state index contributed by atoms with van der Waals surface area (Å²) in [6.07, 6.45) is 7.86. The maximum absolute atomic E-state index is 6.46. The fraction of sp³-hybridized carbons (Fsp3) is 0.867. The highest BCUT2D eigenvalue weighted by atomic mass is 16.5. The number of ether oxygens (including phenoxy) is 1. The van der Waals surface area contributed by atoms with E-state index < -0.39 is 5.54 Å². The topological polar surface area (TPSA) is 77.4 Å². The van der Waals surface area contributed by atoms with E-state index in [1.54, 1.807) is 0 Å². The zero-order chi connectivity index (χ0) is 14.3. The fourth-order valence-electron chi connectivity index (χ4n) is 3.94. The molecule has 1 saturated carbocycles. The van der Waals surface area contributed by atoms with Gasteiger partial charge in [-0.25, -0.2) is 0 Å². The molecular formula is C15H24N4O2. The molecular weight excluding hydrogens is 268 g/mol. The summed E-state index contributed by atoms with van der Waals surface area (Å²) < 4.78 is 11.4. The Kier molecular flexibility index (Phi) is 3.47. The summed E-state index contributed by atoms with van der Waals surface area (Å²) in [7, 11) is 0. The van der Waals surface area contributed by atoms with Gasteiger partial charge in [-0.3, -0.25) is 4.90 Å². The number of fused-ring (bicyclic) bond motifs is 1. The van der Waals surface area contributed by atoms with Crippen molar-refractivity contribution in [3.05, 3.63) is 11.7 Å². The molecule has 0 spiro atoms. The van der Waals surface area contributed by atoms with Crippen molar-refractivity contribution in [2.24, 2.45) is 5.73 Å². The normalized spacial score (nSPS) is 33.0. The predicted octanol–water partition coefficient (Wildman–Crippen LogP) is 1.72. The van der Waals surface area contributed by atoms with Crippen LogP contribution in [-0.4, -0.2) is 40.8 Å². The summed E-state index contributed by atoms with van der Waals surface area (Å²) in [5.74, 6) is 1.27. The first-order chi connectivity index (χ1) is 10.2. The highest BCUT2D eigenvalue weighted by Crippen LogP contribution is 2.35. The van der Waals surface area contributed by atoms with Crippen molar-refractivity contribution in [3.8, 4) is 0 Å². The van der Waals surface area contributed by atoms with Crippen molar-refractivity contribution in [2.75, 3.05) is 19.7 Å². The number of aromatic nitrogens is 2. The van der Waals surface area contributed by atoms with Crippen LogP contribution in [0.15, 0.2) is 4.52 Å². The zero-order valence-electron chi connectivity index (χ0n) is 12.5. The van der Waals surface area contributed by atoms with Crippen LogP contribution in [0.2, 0.25) is 0 Å². The first kappa shape index (κ1) is 13.7. The molecule has 2 aliphatic heterocycles. The molecule has 3 fully saturated rings. The van der Waals surface area contributed by atoms with Crippen LogP contribution in [0.4, 0.5) is 0 Å². The fourth-order valence-corrected chi connectivity index (χ4v) is 3.94. The summed E-state index contributed by atoms with van der Waals surface area (Å²) in [5, 5.41) is 4.16. The van der Waals surface area contributed by atoms with Crippen molar-refractivity contribution in [1.82, 2.24) is 15.0 Å². The Morgan fingerprint density at radius 2 is 2.05 bits per heavy atom. The van der Waals surface area contributed by atoms with E-state index in [0.717, 1.165) is 45.4 Å². The molecule has 3 heterocycles. The second-order valence-corrected chi connectivity index (χ2v) is 6.79. The minimum absolute atomic E-state index is 0.0657. The third-order valence-corrected chi connectivity index (χ3v) is 5.29. The van der Waals surface area contributed by atoms with Gasteiger partial charge < -0.3 is 15.0 Å². The molecule has 1 aromatic heterocycles. The summed E-state index contributed by atoms with van der Waals surface area (Å²) in [5.41, 5.74) is 6.04. The molecule has 1 aromatic rings. The number of morpholine rings is 1. The average Bonchev–Trinajstić information content (AvgIpc) is 3.17. The molecule has 6 heteroatoms. The molecule has 0 radical (unpaired) electrons. The van der Waals surface area contributed by atoms with Crippen LogP contribution in [0.25, 0.3) is 0 Å². The van der Waals surface area contributed by atoms with Crippen LogP contribution in [0.1, 0.15) is 62.8 Å². The van der Waals surface area contributed by atoms with E-state index in [1.165, 1.54) is 19.3 Å². The Morgan fingerprint density at radius 3 is 2.90 bits per heavy atom. The molecule has 2 atom stereocenters. The summed E-state index contributed by atoms with van der Waals surface area (Å²) >= 11 is 0. The standard InChI is InChI=1S/C15H24N4O2/c16-15(6-2-1-3-7-15)14-17-13(18-21-14)12-9-19-8-4-5-11(19)10-20-12/h11-12H,1-10,16H2. The van der Waals surface area contributed by atoms with Crippen molar-refractivity contribution >= 4 is 0 Å². The zero-order valence-corrected chi connectivity index (χ0v) is 12.5. The summed E-state index contributed by atoms with van der Waals surface area (Å²) in [4.78, 5) is 7.08. The minimum Gasteiger partial charge on any atom is -0.367 e. The second kappa shape index (κ2) is 5.34. The molecule has 116 valence electrons. The van der Waals surface area contributed by atoms with Crippen molar-refractivity contribution < 1.29 is 9.26 Å². The lowest BCUT2D eigenvalue weighted by atomic mass is 9.82. The number of hydrogen-bond acceptors (Lipinski definition) is 6. The Balaban J connectivity index is 1.49. The summed E-state index contributed by atoms with van der Waals surface area (Å²) in [6, 6.07) is 0.590. The molecule has 0 aromatic carbocycles. The number of rotatable bonds is 2. The van der Waals surface area contributed by atoms with E-state index in [-0.39, 0.29) is 6.10 Å². The van der Waals surface area contributed by atoms with Gasteiger partial charge in [0.15, 0.2) is 0 Å². The van der Waals surface area contributed by atoms with Crippen LogP contribution in [0.5, 0.6) is 0 Å². The van der Waals surface area contributed by atoms with Crippen LogP contribution < -0.4 is 5.73 Å². The van der Waals surface area contributed by atoms with Gasteiger partial charge in [0, 0.05) is 12.6 Å². The largest absolute Gasteiger partial charge is 0.367 e. The van der Waals surface area contributed by atoms with E-state index in [2.05, 4.69) is 15.0 Å². The smallest absolute Gasteiger partial charge is 0.246 e. The van der Waals surface area contributed by atoms with Gasteiger partial charge in [0.25, 0.3) is 0 Å². The third-order valence-electron chi connectivity index (χ3n) is 5.29. The molecule has 3 aliphatic rings. The van der Waals surface area contributed by atoms with Gasteiger partial charge in [-0.2, -0.15) is 4.98 Å². The van der Waals surface area contributed by atoms with Gasteiger partial charge in [-0.1, -0.05) is 24.4 Å². The first-order valence-electron chi connectivity index (χ1n) is 8.23. The van der Waals surface area contributed by atoms with Crippen molar-refractivity contribution in [2.45, 2.75) is 62.6 Å². The van der Waals surface area contributed by atoms with E-state index in [0.29, 0.717) is 17.8 Å². The Labute approximate surface area is 125 Å². The predicted molar refractivity (Wildman–Crippen MR) is 76.5 cm³/mol. The lowest BCUT2D eigenvalue weighted by Gasteiger charge is -2.33. The Bertz CT molecular complexity index is 498. The van der Waals surface area contributed by atoms with E-state index >= 15 is 0 Å². The first-order valence-corrected chi connectivity index (χ1v) is 8.23.